The number of aryl methyl sites for hydroxylation is 1. The first-order valence-electron chi connectivity index (χ1n) is 25.6. The van der Waals surface area contributed by atoms with Crippen LogP contribution >= 0.6 is 0 Å². The molecule has 0 unspecified atom stereocenters. The minimum Gasteiger partial charge on any atom is -0.439 e. The molecule has 0 saturated carbocycles. The van der Waals surface area contributed by atoms with E-state index >= 15 is 0 Å². The number of benzene rings is 4. The molecule has 0 saturated heterocycles. The molecule has 15 heteroatoms. The van der Waals surface area contributed by atoms with Crippen LogP contribution in [0.3, 0.4) is 0 Å². The molecular formula is C66H55N11O4. The molecule has 12 aromatic rings. The van der Waals surface area contributed by atoms with Crippen molar-refractivity contribution < 1.29 is 18.9 Å². The van der Waals surface area contributed by atoms with Crippen molar-refractivity contribution in [3.8, 4) is 91.3 Å². The summed E-state index contributed by atoms with van der Waals surface area (Å²) in [5.74, 6) is 5.03. The lowest BCUT2D eigenvalue weighted by atomic mass is 10.1. The quantitative estimate of drug-likeness (QED) is 0.0978. The molecule has 12 rings (SSSR count). The fraction of sp³-hybridized carbons (Fsp3) is 0.0303. The minimum absolute atomic E-state index is 0.518. The van der Waals surface area contributed by atoms with Crippen molar-refractivity contribution in [1.29, 1.82) is 0 Å². The van der Waals surface area contributed by atoms with Crippen LogP contribution in [0.15, 0.2) is 268 Å². The smallest absolute Gasteiger partial charge is 0.219 e. The molecule has 0 spiro atoms. The van der Waals surface area contributed by atoms with E-state index in [4.69, 9.17) is 36.1 Å². The molecule has 0 aliphatic carbocycles. The van der Waals surface area contributed by atoms with E-state index in [2.05, 4.69) is 46.8 Å². The third kappa shape index (κ3) is 16.8. The Labute approximate surface area is 469 Å². The van der Waals surface area contributed by atoms with Gasteiger partial charge in [0.25, 0.3) is 0 Å². The van der Waals surface area contributed by atoms with Crippen LogP contribution in [0.1, 0.15) is 12.5 Å². The number of ether oxygens (including phenoxy) is 4. The van der Waals surface area contributed by atoms with Crippen LogP contribution in [0.25, 0.3) is 44.8 Å². The Morgan fingerprint density at radius 2 is 0.728 bits per heavy atom. The minimum atomic E-state index is 0.518. The van der Waals surface area contributed by atoms with Gasteiger partial charge in [-0.2, -0.15) is 0 Å². The Bertz CT molecular complexity index is 3440. The van der Waals surface area contributed by atoms with Gasteiger partial charge in [0.05, 0.1) is 53.2 Å². The molecule has 0 bridgehead atoms. The van der Waals surface area contributed by atoms with Crippen molar-refractivity contribution in [2.24, 2.45) is 0 Å². The molecule has 15 nitrogen and oxygen atoms in total. The van der Waals surface area contributed by atoms with E-state index in [0.29, 0.717) is 46.3 Å². The van der Waals surface area contributed by atoms with Gasteiger partial charge in [0.15, 0.2) is 0 Å². The highest BCUT2D eigenvalue weighted by Crippen LogP contribution is 2.28. The maximum absolute atomic E-state index is 5.70. The van der Waals surface area contributed by atoms with Crippen LogP contribution in [-0.2, 0) is 6.42 Å². The van der Waals surface area contributed by atoms with Gasteiger partial charge in [-0.25, -0.2) is 19.9 Å². The average molecular weight is 1070 g/mol. The van der Waals surface area contributed by atoms with Crippen LogP contribution in [0.2, 0.25) is 0 Å². The Balaban J connectivity index is 0.000000130. The lowest BCUT2D eigenvalue weighted by Gasteiger charge is -2.06. The van der Waals surface area contributed by atoms with Crippen LogP contribution in [0.5, 0.6) is 46.5 Å². The van der Waals surface area contributed by atoms with E-state index in [0.717, 1.165) is 68.4 Å². The van der Waals surface area contributed by atoms with Crippen molar-refractivity contribution in [3.05, 3.63) is 274 Å². The van der Waals surface area contributed by atoms with E-state index in [1.165, 1.54) is 5.56 Å². The molecule has 4 aromatic carbocycles. The molecule has 8 heterocycles. The fourth-order valence-electron chi connectivity index (χ4n) is 7.48. The van der Waals surface area contributed by atoms with Crippen LogP contribution in [0, 0.1) is 0 Å². The number of nitrogens with two attached hydrogens (primary N) is 3. The third-order valence-corrected chi connectivity index (χ3v) is 11.7. The second kappa shape index (κ2) is 28.2. The molecule has 0 aliphatic rings. The van der Waals surface area contributed by atoms with Crippen molar-refractivity contribution in [2.75, 3.05) is 17.2 Å². The van der Waals surface area contributed by atoms with Crippen LogP contribution < -0.4 is 36.1 Å². The van der Waals surface area contributed by atoms with Gasteiger partial charge in [-0.1, -0.05) is 79.7 Å². The van der Waals surface area contributed by atoms with Crippen LogP contribution in [0.4, 0.5) is 17.1 Å². The highest BCUT2D eigenvalue weighted by atomic mass is 16.5. The predicted molar refractivity (Wildman–Crippen MR) is 319 cm³/mol. The normalized spacial score (nSPS) is 10.2. The molecule has 0 amide bonds. The number of nitrogens with zero attached hydrogens (tertiary/aromatic N) is 8. The van der Waals surface area contributed by atoms with Crippen molar-refractivity contribution in [2.45, 2.75) is 13.3 Å². The lowest BCUT2D eigenvalue weighted by Crippen LogP contribution is -1.90. The fourth-order valence-corrected chi connectivity index (χ4v) is 7.48. The number of rotatable bonds is 13. The first-order chi connectivity index (χ1) is 39.8. The summed E-state index contributed by atoms with van der Waals surface area (Å²) in [6.45, 7) is 2.10. The number of aromatic nitrogens is 8. The van der Waals surface area contributed by atoms with Gasteiger partial charge in [0, 0.05) is 72.6 Å². The first kappa shape index (κ1) is 54.5. The number of hydrogen-bond donors (Lipinski definition) is 3. The Morgan fingerprint density at radius 3 is 1.17 bits per heavy atom. The van der Waals surface area contributed by atoms with E-state index in [9.17, 15) is 0 Å². The zero-order chi connectivity index (χ0) is 55.9. The Morgan fingerprint density at radius 1 is 0.284 bits per heavy atom. The average Bonchev–Trinajstić information content (AvgIpc) is 3.53. The summed E-state index contributed by atoms with van der Waals surface area (Å²) in [5.41, 5.74) is 28.2. The summed E-state index contributed by atoms with van der Waals surface area (Å²) < 4.78 is 22.6. The monoisotopic (exact) mass is 1070 g/mol. The van der Waals surface area contributed by atoms with E-state index < -0.39 is 0 Å². The van der Waals surface area contributed by atoms with Gasteiger partial charge in [0.1, 0.15) is 23.0 Å². The topological polar surface area (TPSA) is 218 Å². The first-order valence-corrected chi connectivity index (χ1v) is 25.6. The summed E-state index contributed by atoms with van der Waals surface area (Å²) in [4.78, 5) is 33.4. The molecule has 0 atom stereocenters. The summed E-state index contributed by atoms with van der Waals surface area (Å²) in [6, 6.07) is 65.3. The van der Waals surface area contributed by atoms with Gasteiger partial charge in [-0.15, -0.1) is 0 Å². The van der Waals surface area contributed by atoms with Gasteiger partial charge >= 0.3 is 0 Å². The largest absolute Gasteiger partial charge is 0.439 e. The molecule has 6 N–H and O–H groups in total. The number of hydrogen-bond acceptors (Lipinski definition) is 15. The summed E-state index contributed by atoms with van der Waals surface area (Å²) in [7, 11) is 0. The standard InChI is InChI=1S/C18H16N2O.3C16H13N3O/c1-2-14-8-11-18(20-12-14)21-16-9-10-17(19-13-16)15-6-4-3-5-7-15;17-14-3-6-16(19-11-14)20-15-4-1-12(2-5-15)13-7-9-18-10-8-13;17-14-5-8-16(19-11-14)20-15-6-3-12(4-7-15)13-2-1-9-18-10-13;17-13-6-9-16(19-11-13)20-14-7-4-12(5-8-14)15-3-1-2-10-18-15/h3-13H,2H2,1H3;3*1-11H,17H2. The van der Waals surface area contributed by atoms with Gasteiger partial charge < -0.3 is 36.1 Å². The summed E-state index contributed by atoms with van der Waals surface area (Å²) in [5, 5.41) is 0. The number of pyridine rings is 8. The number of nitrogen functional groups attached to an aromatic ring is 3. The molecule has 0 radical (unpaired) electrons. The molecule has 8 aromatic heterocycles. The summed E-state index contributed by atoms with van der Waals surface area (Å²) >= 11 is 0. The summed E-state index contributed by atoms with van der Waals surface area (Å²) in [6.07, 6.45) is 18.1. The molecule has 398 valence electrons. The Kier molecular flexibility index (Phi) is 18.9. The maximum atomic E-state index is 5.70. The van der Waals surface area contributed by atoms with Crippen LogP contribution in [-0.4, -0.2) is 39.9 Å². The Hall–Kier alpha value is -11.3. The van der Waals surface area contributed by atoms with Crippen molar-refractivity contribution in [1.82, 2.24) is 39.9 Å². The van der Waals surface area contributed by atoms with Gasteiger partial charge in [-0.3, -0.25) is 19.9 Å². The zero-order valence-electron chi connectivity index (χ0n) is 44.1. The molecule has 81 heavy (non-hydrogen) atoms. The third-order valence-electron chi connectivity index (χ3n) is 11.7. The molecular weight excluding hydrogens is 1010 g/mol. The lowest BCUT2D eigenvalue weighted by molar-refractivity contribution is 0.460. The predicted octanol–water partition coefficient (Wildman–Crippen LogP) is 15.1. The maximum Gasteiger partial charge on any atom is 0.219 e. The van der Waals surface area contributed by atoms with Gasteiger partial charge in [-0.05, 0) is 143 Å². The second-order valence-corrected chi connectivity index (χ2v) is 17.6. The van der Waals surface area contributed by atoms with E-state index in [1.54, 1.807) is 86.0 Å². The molecule has 0 aliphatic heterocycles. The molecule has 0 fully saturated rings. The highest BCUT2D eigenvalue weighted by molar-refractivity contribution is 5.65. The second-order valence-electron chi connectivity index (χ2n) is 17.6. The van der Waals surface area contributed by atoms with Crippen molar-refractivity contribution in [3.63, 3.8) is 0 Å². The zero-order valence-corrected chi connectivity index (χ0v) is 44.1. The van der Waals surface area contributed by atoms with E-state index in [-0.39, 0.29) is 0 Å². The van der Waals surface area contributed by atoms with Gasteiger partial charge in [0.2, 0.25) is 23.5 Å². The highest BCUT2D eigenvalue weighted by Gasteiger charge is 2.06. The number of anilines is 3. The van der Waals surface area contributed by atoms with Crippen molar-refractivity contribution >= 4 is 17.1 Å². The van der Waals surface area contributed by atoms with E-state index in [1.807, 2.05) is 182 Å². The SMILES string of the molecule is CCc1ccc(Oc2ccc(-c3ccccc3)nc2)nc1.Nc1ccc(Oc2ccc(-c3ccccn3)cc2)nc1.Nc1ccc(Oc2ccc(-c3cccnc3)cc2)nc1.Nc1ccc(Oc2ccc(-c3ccncc3)cc2)nc1.